The Balaban J connectivity index is 1.74. The summed E-state index contributed by atoms with van der Waals surface area (Å²) in [6.45, 7) is 2.19. The fourth-order valence-electron chi connectivity index (χ4n) is 3.08. The molecular weight excluding hydrogens is 387 g/mol. The number of hydrogen-bond donors (Lipinski definition) is 1. The molecular formula is C22H19FN4OS. The first kappa shape index (κ1) is 19.1. The van der Waals surface area contributed by atoms with Crippen LogP contribution in [0, 0.1) is 12.7 Å². The summed E-state index contributed by atoms with van der Waals surface area (Å²) in [7, 11) is 0. The maximum Gasteiger partial charge on any atom is 0.254 e. The molecule has 5 nitrogen and oxygen atoms in total. The number of rotatable bonds is 5. The zero-order valence-electron chi connectivity index (χ0n) is 16.0. The van der Waals surface area contributed by atoms with E-state index in [-0.39, 0.29) is 12.1 Å². The molecule has 0 spiro atoms. The number of nitrogens with one attached hydrogen (secondary N) is 1. The van der Waals surface area contributed by atoms with Crippen LogP contribution in [0.5, 0.6) is 0 Å². The van der Waals surface area contributed by atoms with E-state index in [9.17, 15) is 9.18 Å². The SMILES string of the molecule is CSc1ccc2nc(-c3ccc(C)cc3)c(CNC(=O)c3ccccc3F)n2n1. The molecule has 2 heterocycles. The van der Waals surface area contributed by atoms with Crippen molar-refractivity contribution < 1.29 is 9.18 Å². The van der Waals surface area contributed by atoms with E-state index in [2.05, 4.69) is 10.4 Å². The lowest BCUT2D eigenvalue weighted by molar-refractivity contribution is 0.0946. The Morgan fingerprint density at radius 3 is 2.59 bits per heavy atom. The second-order valence-electron chi connectivity index (χ2n) is 6.58. The zero-order valence-corrected chi connectivity index (χ0v) is 16.8. The summed E-state index contributed by atoms with van der Waals surface area (Å²) in [5.74, 6) is -1.03. The van der Waals surface area contributed by atoms with Gasteiger partial charge in [-0.15, -0.1) is 11.8 Å². The molecule has 0 saturated heterocycles. The molecule has 2 aromatic heterocycles. The number of imidazole rings is 1. The van der Waals surface area contributed by atoms with Crippen molar-refractivity contribution in [2.75, 3.05) is 6.26 Å². The summed E-state index contributed by atoms with van der Waals surface area (Å²) < 4.78 is 15.7. The first-order valence-corrected chi connectivity index (χ1v) is 10.3. The lowest BCUT2D eigenvalue weighted by Crippen LogP contribution is -2.25. The molecule has 0 aliphatic rings. The number of thioether (sulfide) groups is 1. The third-order valence-corrected chi connectivity index (χ3v) is 5.25. The number of carbonyl (C=O) groups excluding carboxylic acids is 1. The zero-order chi connectivity index (χ0) is 20.4. The topological polar surface area (TPSA) is 59.3 Å². The number of amides is 1. The number of fused-ring (bicyclic) bond motifs is 1. The van der Waals surface area contributed by atoms with Gasteiger partial charge in [0.2, 0.25) is 0 Å². The Labute approximate surface area is 172 Å². The third kappa shape index (κ3) is 3.86. The Bertz CT molecular complexity index is 1190. The molecule has 0 atom stereocenters. The molecule has 0 bridgehead atoms. The molecule has 7 heteroatoms. The van der Waals surface area contributed by atoms with Crippen LogP contribution in [0.15, 0.2) is 65.7 Å². The van der Waals surface area contributed by atoms with Crippen molar-refractivity contribution in [1.29, 1.82) is 0 Å². The van der Waals surface area contributed by atoms with E-state index >= 15 is 0 Å². The van der Waals surface area contributed by atoms with Gasteiger partial charge >= 0.3 is 0 Å². The van der Waals surface area contributed by atoms with Crippen molar-refractivity contribution in [3.63, 3.8) is 0 Å². The van der Waals surface area contributed by atoms with E-state index in [0.717, 1.165) is 27.5 Å². The molecule has 146 valence electrons. The maximum absolute atomic E-state index is 13.9. The monoisotopic (exact) mass is 406 g/mol. The molecule has 1 amide bonds. The highest BCUT2D eigenvalue weighted by Gasteiger charge is 2.18. The average molecular weight is 406 g/mol. The standard InChI is InChI=1S/C22H19FN4OS/c1-14-7-9-15(10-8-14)21-18(27-19(25-21)11-12-20(26-27)29-2)13-24-22(28)16-5-3-4-6-17(16)23/h3-12H,13H2,1-2H3,(H,24,28). The van der Waals surface area contributed by atoms with Crippen LogP contribution in [0.3, 0.4) is 0 Å². The summed E-state index contributed by atoms with van der Waals surface area (Å²) >= 11 is 1.53. The van der Waals surface area contributed by atoms with Gasteiger partial charge in [-0.3, -0.25) is 4.79 Å². The summed E-state index contributed by atoms with van der Waals surface area (Å²) in [5.41, 5.74) is 4.26. The Morgan fingerprint density at radius 1 is 1.10 bits per heavy atom. The molecule has 0 aliphatic heterocycles. The summed E-state index contributed by atoms with van der Waals surface area (Å²) in [6.07, 6.45) is 1.95. The van der Waals surface area contributed by atoms with Crippen molar-refractivity contribution in [3.8, 4) is 11.3 Å². The molecule has 1 N–H and O–H groups in total. The largest absolute Gasteiger partial charge is 0.346 e. The van der Waals surface area contributed by atoms with E-state index in [1.165, 1.54) is 23.9 Å². The minimum absolute atomic E-state index is 0.0102. The molecule has 4 aromatic rings. The average Bonchev–Trinajstić information content (AvgIpc) is 3.10. The number of hydrogen-bond acceptors (Lipinski definition) is 4. The first-order valence-electron chi connectivity index (χ1n) is 9.09. The van der Waals surface area contributed by atoms with E-state index in [1.807, 2.05) is 49.6 Å². The lowest BCUT2D eigenvalue weighted by Gasteiger charge is -2.08. The number of aryl methyl sites for hydroxylation is 1. The highest BCUT2D eigenvalue weighted by molar-refractivity contribution is 7.98. The molecule has 4 rings (SSSR count). The maximum atomic E-state index is 13.9. The molecule has 2 aromatic carbocycles. The van der Waals surface area contributed by atoms with Gasteiger partial charge in [-0.25, -0.2) is 13.9 Å². The minimum atomic E-state index is -0.551. The van der Waals surface area contributed by atoms with Crippen molar-refractivity contribution in [3.05, 3.63) is 83.3 Å². The van der Waals surface area contributed by atoms with Gasteiger partial charge < -0.3 is 5.32 Å². The first-order chi connectivity index (χ1) is 14.1. The van der Waals surface area contributed by atoms with Gasteiger partial charge in [0.1, 0.15) is 10.8 Å². The Kier molecular flexibility index (Phi) is 5.31. The molecule has 0 saturated carbocycles. The number of carbonyl (C=O) groups is 1. The number of benzene rings is 2. The fourth-order valence-corrected chi connectivity index (χ4v) is 3.44. The number of nitrogens with zero attached hydrogens (tertiary/aromatic N) is 3. The Morgan fingerprint density at radius 2 is 1.86 bits per heavy atom. The Hall–Kier alpha value is -3.19. The van der Waals surface area contributed by atoms with Crippen LogP contribution in [-0.2, 0) is 6.54 Å². The van der Waals surface area contributed by atoms with Crippen LogP contribution >= 0.6 is 11.8 Å². The van der Waals surface area contributed by atoms with Gasteiger partial charge in [0, 0.05) is 5.56 Å². The van der Waals surface area contributed by atoms with E-state index in [0.29, 0.717) is 5.65 Å². The quantitative estimate of drug-likeness (QED) is 0.496. The number of halogens is 1. The summed E-state index contributed by atoms with van der Waals surface area (Å²) in [6, 6.07) is 17.8. The minimum Gasteiger partial charge on any atom is -0.346 e. The second-order valence-corrected chi connectivity index (χ2v) is 7.41. The highest BCUT2D eigenvalue weighted by Crippen LogP contribution is 2.25. The van der Waals surface area contributed by atoms with Crippen molar-refractivity contribution in [1.82, 2.24) is 19.9 Å². The van der Waals surface area contributed by atoms with Crippen molar-refractivity contribution in [2.24, 2.45) is 0 Å². The molecule has 0 radical (unpaired) electrons. The van der Waals surface area contributed by atoms with Gasteiger partial charge in [-0.1, -0.05) is 42.0 Å². The van der Waals surface area contributed by atoms with Crippen LogP contribution in [0.1, 0.15) is 21.6 Å². The molecule has 0 fully saturated rings. The predicted octanol–water partition coefficient (Wildman–Crippen LogP) is 4.50. The van der Waals surface area contributed by atoms with Crippen LogP contribution in [0.2, 0.25) is 0 Å². The molecule has 0 aliphatic carbocycles. The normalized spacial score (nSPS) is 11.0. The van der Waals surface area contributed by atoms with Crippen LogP contribution in [0.25, 0.3) is 16.9 Å². The highest BCUT2D eigenvalue weighted by atomic mass is 32.2. The van der Waals surface area contributed by atoms with Gasteiger partial charge in [0.05, 0.1) is 23.5 Å². The van der Waals surface area contributed by atoms with Gasteiger partial charge in [-0.2, -0.15) is 5.10 Å². The number of aromatic nitrogens is 3. The van der Waals surface area contributed by atoms with E-state index in [1.54, 1.807) is 16.6 Å². The van der Waals surface area contributed by atoms with Gasteiger partial charge in [-0.05, 0) is 37.4 Å². The van der Waals surface area contributed by atoms with E-state index in [4.69, 9.17) is 4.98 Å². The van der Waals surface area contributed by atoms with Gasteiger partial charge in [0.15, 0.2) is 5.65 Å². The van der Waals surface area contributed by atoms with Crippen molar-refractivity contribution in [2.45, 2.75) is 18.5 Å². The smallest absolute Gasteiger partial charge is 0.254 e. The second kappa shape index (κ2) is 8.05. The predicted molar refractivity (Wildman–Crippen MR) is 113 cm³/mol. The van der Waals surface area contributed by atoms with Crippen LogP contribution in [-0.4, -0.2) is 26.8 Å². The van der Waals surface area contributed by atoms with Crippen molar-refractivity contribution >= 4 is 23.3 Å². The molecule has 29 heavy (non-hydrogen) atoms. The molecule has 0 unspecified atom stereocenters. The third-order valence-electron chi connectivity index (χ3n) is 4.61. The van der Waals surface area contributed by atoms with Crippen LogP contribution in [0.4, 0.5) is 4.39 Å². The van der Waals surface area contributed by atoms with Gasteiger partial charge in [0.25, 0.3) is 5.91 Å². The fraction of sp³-hybridized carbons (Fsp3) is 0.136. The van der Waals surface area contributed by atoms with Crippen LogP contribution < -0.4 is 5.32 Å². The summed E-state index contributed by atoms with van der Waals surface area (Å²) in [5, 5.41) is 8.26. The lowest BCUT2D eigenvalue weighted by atomic mass is 10.1. The van der Waals surface area contributed by atoms with E-state index < -0.39 is 11.7 Å². The summed E-state index contributed by atoms with van der Waals surface area (Å²) in [4.78, 5) is 17.2.